The van der Waals surface area contributed by atoms with Gasteiger partial charge in [-0.05, 0) is 67.8 Å². The van der Waals surface area contributed by atoms with Crippen molar-refractivity contribution in [3.05, 3.63) is 53.1 Å². The Bertz CT molecular complexity index is 1140. The zero-order valence-electron chi connectivity index (χ0n) is 21.0. The molecule has 0 fully saturated rings. The standard InChI is InChI=1S/C26H33N3O4Si/c1-26(2,3)33-25(31)29-13-12-17-15-20(32-4)9-10-21(17)23(29)24(30)28-19-8-11-22(34(5,6)7)18(14-19)16-27/h8-11,14-15,23H,12-13H2,1-7H3,(H,28,30)/t23-/m1/s1. The van der Waals surface area contributed by atoms with E-state index < -0.39 is 25.8 Å². The van der Waals surface area contributed by atoms with Gasteiger partial charge in [-0.2, -0.15) is 5.26 Å². The summed E-state index contributed by atoms with van der Waals surface area (Å²) < 4.78 is 10.9. The molecule has 0 aliphatic carbocycles. The smallest absolute Gasteiger partial charge is 0.411 e. The van der Waals surface area contributed by atoms with E-state index in [0.717, 1.165) is 16.3 Å². The highest BCUT2D eigenvalue weighted by molar-refractivity contribution is 6.89. The molecule has 0 saturated heterocycles. The Hall–Kier alpha value is -3.31. The van der Waals surface area contributed by atoms with E-state index in [9.17, 15) is 14.9 Å². The quantitative estimate of drug-likeness (QED) is 0.648. The number of benzene rings is 2. The molecule has 0 saturated carbocycles. The summed E-state index contributed by atoms with van der Waals surface area (Å²) in [6.07, 6.45) is 0.0416. The lowest BCUT2D eigenvalue weighted by Gasteiger charge is -2.37. The topological polar surface area (TPSA) is 91.7 Å². The molecule has 0 radical (unpaired) electrons. The molecule has 1 aliphatic heterocycles. The number of nitriles is 1. The highest BCUT2D eigenvalue weighted by Crippen LogP contribution is 2.34. The summed E-state index contributed by atoms with van der Waals surface area (Å²) in [7, 11) is -0.120. The van der Waals surface area contributed by atoms with Crippen molar-refractivity contribution in [2.75, 3.05) is 19.0 Å². The molecule has 7 nitrogen and oxygen atoms in total. The van der Waals surface area contributed by atoms with Gasteiger partial charge in [0.25, 0.3) is 5.91 Å². The van der Waals surface area contributed by atoms with E-state index in [1.54, 1.807) is 40.0 Å². The average molecular weight is 480 g/mol. The summed E-state index contributed by atoms with van der Waals surface area (Å²) in [5.74, 6) is 0.339. The number of ether oxygens (including phenoxy) is 2. The zero-order chi connectivity index (χ0) is 25.3. The van der Waals surface area contributed by atoms with Crippen LogP contribution < -0.4 is 15.2 Å². The van der Waals surface area contributed by atoms with Gasteiger partial charge in [0, 0.05) is 12.2 Å². The van der Waals surface area contributed by atoms with E-state index in [1.807, 2.05) is 24.3 Å². The first-order valence-electron chi connectivity index (χ1n) is 11.4. The summed E-state index contributed by atoms with van der Waals surface area (Å²) in [4.78, 5) is 28.1. The van der Waals surface area contributed by atoms with E-state index in [-0.39, 0.29) is 5.91 Å². The van der Waals surface area contributed by atoms with Crippen molar-refractivity contribution in [3.63, 3.8) is 0 Å². The molecule has 34 heavy (non-hydrogen) atoms. The predicted octanol–water partition coefficient (Wildman–Crippen LogP) is 4.59. The predicted molar refractivity (Wildman–Crippen MR) is 135 cm³/mol. The second kappa shape index (κ2) is 9.51. The van der Waals surface area contributed by atoms with Crippen LogP contribution in [-0.4, -0.2) is 44.2 Å². The van der Waals surface area contributed by atoms with Crippen molar-refractivity contribution in [2.24, 2.45) is 0 Å². The SMILES string of the molecule is COc1ccc2c(c1)CCN(C(=O)OC(C)(C)C)[C@H]2C(=O)Nc1ccc([Si](C)(C)C)c(C#N)c1. The molecule has 0 aromatic heterocycles. The number of carbonyl (C=O) groups excluding carboxylic acids is 2. The molecule has 0 unspecified atom stereocenters. The van der Waals surface area contributed by atoms with Crippen molar-refractivity contribution in [1.29, 1.82) is 5.26 Å². The maximum absolute atomic E-state index is 13.6. The number of methoxy groups -OCH3 is 1. The van der Waals surface area contributed by atoms with Gasteiger partial charge in [-0.1, -0.05) is 31.8 Å². The van der Waals surface area contributed by atoms with E-state index in [1.165, 1.54) is 4.90 Å². The van der Waals surface area contributed by atoms with Crippen molar-refractivity contribution in [1.82, 2.24) is 4.90 Å². The van der Waals surface area contributed by atoms with Gasteiger partial charge in [0.05, 0.1) is 26.8 Å². The van der Waals surface area contributed by atoms with Gasteiger partial charge in [-0.3, -0.25) is 9.69 Å². The van der Waals surface area contributed by atoms with Crippen LogP contribution in [0, 0.1) is 11.3 Å². The minimum absolute atomic E-state index is 0.338. The Morgan fingerprint density at radius 3 is 2.44 bits per heavy atom. The summed E-state index contributed by atoms with van der Waals surface area (Å²) in [5, 5.41) is 13.6. The van der Waals surface area contributed by atoms with Crippen molar-refractivity contribution >= 4 is 30.9 Å². The lowest BCUT2D eigenvalue weighted by molar-refractivity contribution is -0.121. The molecule has 1 heterocycles. The van der Waals surface area contributed by atoms with Crippen LogP contribution in [0.15, 0.2) is 36.4 Å². The van der Waals surface area contributed by atoms with E-state index in [0.29, 0.717) is 30.0 Å². The van der Waals surface area contributed by atoms with Crippen LogP contribution in [0.25, 0.3) is 0 Å². The van der Waals surface area contributed by atoms with Crippen LogP contribution in [0.3, 0.4) is 0 Å². The summed E-state index contributed by atoms with van der Waals surface area (Å²) >= 11 is 0. The van der Waals surface area contributed by atoms with Crippen LogP contribution in [-0.2, 0) is 16.0 Å². The van der Waals surface area contributed by atoms with Crippen molar-refractivity contribution < 1.29 is 19.1 Å². The number of rotatable bonds is 4. The van der Waals surface area contributed by atoms with Gasteiger partial charge in [0.2, 0.25) is 0 Å². The molecule has 2 amide bonds. The second-order valence-corrected chi connectivity index (χ2v) is 15.5. The fourth-order valence-electron chi connectivity index (χ4n) is 4.11. The van der Waals surface area contributed by atoms with Gasteiger partial charge in [-0.15, -0.1) is 0 Å². The third-order valence-corrected chi connectivity index (χ3v) is 7.72. The number of carbonyl (C=O) groups is 2. The van der Waals surface area contributed by atoms with E-state index in [4.69, 9.17) is 9.47 Å². The fourth-order valence-corrected chi connectivity index (χ4v) is 5.63. The van der Waals surface area contributed by atoms with Crippen molar-refractivity contribution in [2.45, 2.75) is 58.5 Å². The Morgan fingerprint density at radius 2 is 1.85 bits per heavy atom. The Labute approximate surface area is 202 Å². The molecule has 3 rings (SSSR count). The number of hydrogen-bond donors (Lipinski definition) is 1. The molecular formula is C26H33N3O4Si. The lowest BCUT2D eigenvalue weighted by Crippen LogP contribution is -2.47. The van der Waals surface area contributed by atoms with E-state index in [2.05, 4.69) is 31.0 Å². The number of amides is 2. The average Bonchev–Trinajstić information content (AvgIpc) is 2.75. The number of hydrogen-bond acceptors (Lipinski definition) is 5. The normalized spacial score (nSPS) is 15.7. The molecular weight excluding hydrogens is 446 g/mol. The molecule has 8 heteroatoms. The molecule has 0 bridgehead atoms. The summed E-state index contributed by atoms with van der Waals surface area (Å²) in [6, 6.07) is 12.4. The van der Waals surface area contributed by atoms with Crippen LogP contribution in [0.5, 0.6) is 5.75 Å². The molecule has 0 spiro atoms. The van der Waals surface area contributed by atoms with Gasteiger partial charge >= 0.3 is 6.09 Å². The molecule has 180 valence electrons. The van der Waals surface area contributed by atoms with Crippen LogP contribution >= 0.6 is 0 Å². The highest BCUT2D eigenvalue weighted by Gasteiger charge is 2.38. The number of nitrogens with one attached hydrogen (secondary N) is 1. The zero-order valence-corrected chi connectivity index (χ0v) is 22.0. The van der Waals surface area contributed by atoms with Gasteiger partial charge in [0.15, 0.2) is 0 Å². The number of anilines is 1. The van der Waals surface area contributed by atoms with Crippen LogP contribution in [0.2, 0.25) is 19.6 Å². The van der Waals surface area contributed by atoms with Gasteiger partial charge in [-0.25, -0.2) is 4.79 Å². The van der Waals surface area contributed by atoms with Gasteiger partial charge in [0.1, 0.15) is 17.4 Å². The lowest BCUT2D eigenvalue weighted by atomic mass is 9.92. The van der Waals surface area contributed by atoms with E-state index >= 15 is 0 Å². The second-order valence-electron chi connectivity index (χ2n) is 10.5. The molecule has 2 aromatic carbocycles. The Kier molecular flexibility index (Phi) is 7.08. The largest absolute Gasteiger partial charge is 0.497 e. The molecule has 1 N–H and O–H groups in total. The van der Waals surface area contributed by atoms with Gasteiger partial charge < -0.3 is 14.8 Å². The Morgan fingerprint density at radius 1 is 1.15 bits per heavy atom. The van der Waals surface area contributed by atoms with Crippen LogP contribution in [0.4, 0.5) is 10.5 Å². The fraction of sp³-hybridized carbons (Fsp3) is 0.423. The first kappa shape index (κ1) is 25.3. The number of fused-ring (bicyclic) bond motifs is 1. The third kappa shape index (κ3) is 5.60. The minimum Gasteiger partial charge on any atom is -0.497 e. The molecule has 1 aliphatic rings. The first-order valence-corrected chi connectivity index (χ1v) is 14.9. The molecule has 1 atom stereocenters. The molecule has 2 aromatic rings. The summed E-state index contributed by atoms with van der Waals surface area (Å²) in [6.45, 7) is 12.3. The first-order chi connectivity index (χ1) is 15.8. The number of nitrogens with zero attached hydrogens (tertiary/aromatic N) is 2. The maximum Gasteiger partial charge on any atom is 0.411 e. The maximum atomic E-state index is 13.6. The minimum atomic E-state index is -1.72. The van der Waals surface area contributed by atoms with Crippen LogP contribution in [0.1, 0.15) is 43.5 Å². The Balaban J connectivity index is 1.98. The van der Waals surface area contributed by atoms with Crippen molar-refractivity contribution in [3.8, 4) is 11.8 Å². The third-order valence-electron chi connectivity index (χ3n) is 5.67. The monoisotopic (exact) mass is 479 g/mol. The summed E-state index contributed by atoms with van der Waals surface area (Å²) in [5.41, 5.74) is 2.08. The highest BCUT2D eigenvalue weighted by atomic mass is 28.3.